The Morgan fingerprint density at radius 2 is 2.26 bits per heavy atom. The first kappa shape index (κ1) is 18.2. The fourth-order valence-electron chi connectivity index (χ4n) is 2.53. The molecule has 1 fully saturated rings. The van der Waals surface area contributed by atoms with Crippen LogP contribution < -0.4 is 5.32 Å². The predicted octanol–water partition coefficient (Wildman–Crippen LogP) is 3.34. The molecule has 1 aliphatic heterocycles. The molecule has 1 saturated heterocycles. The fourth-order valence-corrected chi connectivity index (χ4v) is 3.82. The summed E-state index contributed by atoms with van der Waals surface area (Å²) in [5.41, 5.74) is 0.995. The first-order valence-electron chi connectivity index (χ1n) is 8.61. The minimum Gasteiger partial charge on any atom is -0.359 e. The van der Waals surface area contributed by atoms with Crippen LogP contribution in [0.3, 0.4) is 0 Å². The zero-order valence-electron chi connectivity index (χ0n) is 15.0. The lowest BCUT2D eigenvalue weighted by atomic mass is 10.1. The average Bonchev–Trinajstić information content (AvgIpc) is 3.00. The largest absolute Gasteiger partial charge is 0.359 e. The van der Waals surface area contributed by atoms with Crippen LogP contribution in [0.4, 0.5) is 0 Å². The van der Waals surface area contributed by atoms with E-state index in [2.05, 4.69) is 61.8 Å². The lowest BCUT2D eigenvalue weighted by Crippen LogP contribution is -2.49. The molecule has 0 bridgehead atoms. The topological polar surface area (TPSA) is 53.7 Å². The van der Waals surface area contributed by atoms with Gasteiger partial charge in [-0.1, -0.05) is 32.9 Å². The molecule has 1 unspecified atom stereocenters. The summed E-state index contributed by atoms with van der Waals surface area (Å²) >= 11 is 2.08. The van der Waals surface area contributed by atoms with E-state index in [1.165, 1.54) is 0 Å². The highest BCUT2D eigenvalue weighted by Gasteiger charge is 2.24. The Morgan fingerprint density at radius 3 is 2.87 bits per heavy atom. The van der Waals surface area contributed by atoms with Crippen molar-refractivity contribution >= 4 is 17.7 Å². The third kappa shape index (κ3) is 5.16. The number of hydrogen-bond donors (Lipinski definition) is 1. The maximum atomic E-state index is 5.39. The van der Waals surface area contributed by atoms with E-state index in [4.69, 9.17) is 9.52 Å². The number of aromatic nitrogens is 1. The molecular formula is C17H30N4OS. The second-order valence-electron chi connectivity index (χ2n) is 6.64. The van der Waals surface area contributed by atoms with Crippen LogP contribution in [0.25, 0.3) is 0 Å². The predicted molar refractivity (Wildman–Crippen MR) is 98.1 cm³/mol. The molecule has 0 spiro atoms. The molecule has 0 aliphatic carbocycles. The quantitative estimate of drug-likeness (QED) is 0.659. The first-order chi connectivity index (χ1) is 11.0. The van der Waals surface area contributed by atoms with Crippen molar-refractivity contribution in [3.63, 3.8) is 0 Å². The van der Waals surface area contributed by atoms with Crippen molar-refractivity contribution in [2.24, 2.45) is 10.9 Å². The average molecular weight is 339 g/mol. The van der Waals surface area contributed by atoms with Gasteiger partial charge in [-0.3, -0.25) is 0 Å². The maximum Gasteiger partial charge on any atom is 0.194 e. The molecule has 2 heterocycles. The van der Waals surface area contributed by atoms with Gasteiger partial charge in [-0.15, -0.1) is 0 Å². The third-order valence-corrected chi connectivity index (χ3v) is 5.56. The SMILES string of the molecule is CCNC(=NCc1cc(C(C)C)no1)N1CCSC(C(C)C)C1. The van der Waals surface area contributed by atoms with Gasteiger partial charge in [0, 0.05) is 36.7 Å². The van der Waals surface area contributed by atoms with Gasteiger partial charge in [0.15, 0.2) is 11.7 Å². The minimum atomic E-state index is 0.385. The lowest BCUT2D eigenvalue weighted by molar-refractivity contribution is 0.368. The Kier molecular flexibility index (Phi) is 6.81. The summed E-state index contributed by atoms with van der Waals surface area (Å²) in [4.78, 5) is 7.14. The van der Waals surface area contributed by atoms with E-state index in [1.54, 1.807) is 0 Å². The van der Waals surface area contributed by atoms with Gasteiger partial charge >= 0.3 is 0 Å². The summed E-state index contributed by atoms with van der Waals surface area (Å²) in [6.07, 6.45) is 0. The second kappa shape index (κ2) is 8.62. The Hall–Kier alpha value is -1.17. The maximum absolute atomic E-state index is 5.39. The van der Waals surface area contributed by atoms with Crippen molar-refractivity contribution in [2.45, 2.75) is 52.3 Å². The molecule has 2 rings (SSSR count). The molecule has 130 valence electrons. The number of aliphatic imine (C=N–C) groups is 1. The first-order valence-corrected chi connectivity index (χ1v) is 9.66. The number of guanidine groups is 1. The van der Waals surface area contributed by atoms with Crippen molar-refractivity contribution < 1.29 is 4.52 Å². The van der Waals surface area contributed by atoms with E-state index in [0.717, 1.165) is 42.8 Å². The van der Waals surface area contributed by atoms with Gasteiger partial charge in [0.05, 0.1) is 5.69 Å². The molecule has 1 aromatic rings. The van der Waals surface area contributed by atoms with Gasteiger partial charge in [-0.05, 0) is 18.8 Å². The van der Waals surface area contributed by atoms with Gasteiger partial charge in [-0.2, -0.15) is 11.8 Å². The molecular weight excluding hydrogens is 308 g/mol. The summed E-state index contributed by atoms with van der Waals surface area (Å²) in [7, 11) is 0. The van der Waals surface area contributed by atoms with Crippen LogP contribution in [0.2, 0.25) is 0 Å². The van der Waals surface area contributed by atoms with Gasteiger partial charge < -0.3 is 14.7 Å². The lowest BCUT2D eigenvalue weighted by Gasteiger charge is -2.36. The summed E-state index contributed by atoms with van der Waals surface area (Å²) in [6, 6.07) is 2.01. The number of hydrogen-bond acceptors (Lipinski definition) is 4. The van der Waals surface area contributed by atoms with E-state index in [9.17, 15) is 0 Å². The third-order valence-electron chi connectivity index (χ3n) is 4.02. The highest BCUT2D eigenvalue weighted by atomic mass is 32.2. The zero-order valence-corrected chi connectivity index (χ0v) is 15.8. The second-order valence-corrected chi connectivity index (χ2v) is 7.99. The Morgan fingerprint density at radius 1 is 1.48 bits per heavy atom. The van der Waals surface area contributed by atoms with E-state index >= 15 is 0 Å². The molecule has 0 saturated carbocycles. The van der Waals surface area contributed by atoms with Gasteiger partial charge in [0.2, 0.25) is 0 Å². The van der Waals surface area contributed by atoms with E-state index < -0.39 is 0 Å². The minimum absolute atomic E-state index is 0.385. The van der Waals surface area contributed by atoms with Crippen molar-refractivity contribution in [1.82, 2.24) is 15.4 Å². The number of nitrogens with one attached hydrogen (secondary N) is 1. The number of nitrogens with zero attached hydrogens (tertiary/aromatic N) is 3. The summed E-state index contributed by atoms with van der Waals surface area (Å²) in [5.74, 6) is 4.05. The molecule has 23 heavy (non-hydrogen) atoms. The molecule has 1 N–H and O–H groups in total. The fraction of sp³-hybridized carbons (Fsp3) is 0.765. The van der Waals surface area contributed by atoms with Crippen LogP contribution in [0, 0.1) is 5.92 Å². The highest BCUT2D eigenvalue weighted by Crippen LogP contribution is 2.25. The van der Waals surface area contributed by atoms with Crippen LogP contribution in [0.15, 0.2) is 15.6 Å². The Bertz CT molecular complexity index is 512. The number of thioether (sulfide) groups is 1. The van der Waals surface area contributed by atoms with Crippen LogP contribution in [0.1, 0.15) is 52.0 Å². The molecule has 1 atom stereocenters. The normalized spacial score (nSPS) is 19.7. The molecule has 1 aromatic heterocycles. The Labute approximate surface area is 144 Å². The van der Waals surface area contributed by atoms with Gasteiger partial charge in [0.1, 0.15) is 6.54 Å². The number of rotatable bonds is 5. The summed E-state index contributed by atoms with van der Waals surface area (Å²) in [6.45, 7) is 14.5. The van der Waals surface area contributed by atoms with E-state index in [-0.39, 0.29) is 0 Å². The molecule has 0 aromatic carbocycles. The molecule has 5 nitrogen and oxygen atoms in total. The van der Waals surface area contributed by atoms with Crippen LogP contribution in [0.5, 0.6) is 0 Å². The summed E-state index contributed by atoms with van der Waals surface area (Å²) in [5, 5.41) is 8.19. The van der Waals surface area contributed by atoms with Gasteiger partial charge in [-0.25, -0.2) is 4.99 Å². The molecule has 0 amide bonds. The van der Waals surface area contributed by atoms with Crippen LogP contribution in [-0.2, 0) is 6.54 Å². The zero-order chi connectivity index (χ0) is 16.8. The monoisotopic (exact) mass is 338 g/mol. The highest BCUT2D eigenvalue weighted by molar-refractivity contribution is 8.00. The van der Waals surface area contributed by atoms with Crippen LogP contribution >= 0.6 is 11.8 Å². The van der Waals surface area contributed by atoms with E-state index in [0.29, 0.717) is 23.6 Å². The van der Waals surface area contributed by atoms with Crippen LogP contribution in [-0.4, -0.2) is 46.7 Å². The van der Waals surface area contributed by atoms with Crippen molar-refractivity contribution in [1.29, 1.82) is 0 Å². The Balaban J connectivity index is 2.04. The smallest absolute Gasteiger partial charge is 0.194 e. The van der Waals surface area contributed by atoms with Gasteiger partial charge in [0.25, 0.3) is 0 Å². The van der Waals surface area contributed by atoms with E-state index in [1.807, 2.05) is 6.07 Å². The van der Waals surface area contributed by atoms with Crippen molar-refractivity contribution in [2.75, 3.05) is 25.4 Å². The molecule has 0 radical (unpaired) electrons. The standard InChI is InChI=1S/C17H30N4OS/c1-6-18-17(21-7-8-23-16(11-21)13(4)5)19-10-14-9-15(12(2)3)20-22-14/h9,12-13,16H,6-8,10-11H2,1-5H3,(H,18,19). The van der Waals surface area contributed by atoms with Crippen molar-refractivity contribution in [3.8, 4) is 0 Å². The molecule has 6 heteroatoms. The summed E-state index contributed by atoms with van der Waals surface area (Å²) < 4.78 is 5.39. The van der Waals surface area contributed by atoms with Crippen molar-refractivity contribution in [3.05, 3.63) is 17.5 Å². The molecule has 1 aliphatic rings.